The summed E-state index contributed by atoms with van der Waals surface area (Å²) in [7, 11) is 0. The second kappa shape index (κ2) is 3.59. The minimum Gasteiger partial charge on any atom is -0.316 e. The molecule has 0 aliphatic rings. The molecular formula is C8H8F3NS. The van der Waals surface area contributed by atoms with Gasteiger partial charge in [0.05, 0.1) is 10.9 Å². The van der Waals surface area contributed by atoms with Crippen molar-refractivity contribution in [3.8, 4) is 0 Å². The third-order valence-electron chi connectivity index (χ3n) is 1.58. The van der Waals surface area contributed by atoms with Gasteiger partial charge in [0.1, 0.15) is 0 Å². The van der Waals surface area contributed by atoms with Crippen LogP contribution in [0.15, 0.2) is 24.3 Å². The summed E-state index contributed by atoms with van der Waals surface area (Å²) in [5, 5.41) is -0.540. The minimum absolute atomic E-state index is 0.540. The van der Waals surface area contributed by atoms with E-state index < -0.39 is 17.1 Å². The van der Waals surface area contributed by atoms with Gasteiger partial charge in [0.25, 0.3) is 0 Å². The number of rotatable bonds is 1. The number of alkyl halides is 3. The van der Waals surface area contributed by atoms with Gasteiger partial charge in [-0.05, 0) is 17.7 Å². The smallest absolute Gasteiger partial charge is 0.316 e. The van der Waals surface area contributed by atoms with E-state index in [2.05, 4.69) is 12.6 Å². The predicted octanol–water partition coefficient (Wildman–Crippen LogP) is 2.59. The molecule has 0 saturated carbocycles. The number of halogens is 3. The van der Waals surface area contributed by atoms with Gasteiger partial charge in [0, 0.05) is 0 Å². The molecule has 0 aromatic heterocycles. The van der Waals surface area contributed by atoms with E-state index in [9.17, 15) is 13.2 Å². The van der Waals surface area contributed by atoms with Gasteiger partial charge < -0.3 is 5.73 Å². The van der Waals surface area contributed by atoms with Gasteiger partial charge in [0.2, 0.25) is 0 Å². The zero-order valence-electron chi connectivity index (χ0n) is 6.55. The van der Waals surface area contributed by atoms with Crippen molar-refractivity contribution in [1.29, 1.82) is 0 Å². The summed E-state index contributed by atoms with van der Waals surface area (Å²) in [5.41, 5.74) is 5.25. The summed E-state index contributed by atoms with van der Waals surface area (Å²) >= 11 is 3.89. The number of benzene rings is 1. The van der Waals surface area contributed by atoms with Gasteiger partial charge >= 0.3 is 6.18 Å². The van der Waals surface area contributed by atoms with Crippen LogP contribution in [0.3, 0.4) is 0 Å². The van der Waals surface area contributed by atoms with E-state index in [-0.39, 0.29) is 0 Å². The highest BCUT2D eigenvalue weighted by atomic mass is 32.1. The summed E-state index contributed by atoms with van der Waals surface area (Å²) in [6.45, 7) is 0. The van der Waals surface area contributed by atoms with E-state index in [1.807, 2.05) is 0 Å². The van der Waals surface area contributed by atoms with Gasteiger partial charge in [-0.25, -0.2) is 0 Å². The Hall–Kier alpha value is -0.680. The first-order valence-electron chi connectivity index (χ1n) is 3.52. The summed E-state index contributed by atoms with van der Waals surface area (Å²) < 4.78 is 36.2. The topological polar surface area (TPSA) is 26.0 Å². The van der Waals surface area contributed by atoms with Crippen molar-refractivity contribution in [2.75, 3.05) is 0 Å². The fraction of sp³-hybridized carbons (Fsp3) is 0.250. The summed E-state index contributed by atoms with van der Waals surface area (Å²) in [6.07, 6.45) is -4.29. The zero-order valence-corrected chi connectivity index (χ0v) is 7.44. The normalized spacial score (nSPS) is 14.2. The SMILES string of the molecule is NC(S)c1ccc(C(F)(F)F)cc1. The maximum absolute atomic E-state index is 12.1. The van der Waals surface area contributed by atoms with Crippen LogP contribution in [-0.4, -0.2) is 0 Å². The Balaban J connectivity index is 2.94. The van der Waals surface area contributed by atoms with Crippen LogP contribution in [0.5, 0.6) is 0 Å². The van der Waals surface area contributed by atoms with Crippen LogP contribution in [-0.2, 0) is 6.18 Å². The first-order valence-corrected chi connectivity index (χ1v) is 4.03. The molecule has 2 N–H and O–H groups in total. The quantitative estimate of drug-likeness (QED) is 0.537. The van der Waals surface area contributed by atoms with E-state index in [4.69, 9.17) is 5.73 Å². The Morgan fingerprint density at radius 2 is 1.62 bits per heavy atom. The van der Waals surface area contributed by atoms with E-state index >= 15 is 0 Å². The van der Waals surface area contributed by atoms with Crippen LogP contribution >= 0.6 is 12.6 Å². The highest BCUT2D eigenvalue weighted by Crippen LogP contribution is 2.29. The van der Waals surface area contributed by atoms with Gasteiger partial charge in [-0.2, -0.15) is 25.8 Å². The second-order valence-electron chi connectivity index (χ2n) is 2.56. The molecule has 0 heterocycles. The first kappa shape index (κ1) is 10.4. The van der Waals surface area contributed by atoms with Crippen molar-refractivity contribution >= 4 is 12.6 Å². The lowest BCUT2D eigenvalue weighted by Gasteiger charge is -2.08. The van der Waals surface area contributed by atoms with Gasteiger partial charge in [-0.3, -0.25) is 0 Å². The molecule has 0 radical (unpaired) electrons. The number of hydrogen-bond donors (Lipinski definition) is 2. The Kier molecular flexibility index (Phi) is 2.87. The third-order valence-corrected chi connectivity index (χ3v) is 1.88. The standard InChI is InChI=1S/C8H8F3NS/c9-8(10,11)6-3-1-5(2-4-6)7(12)13/h1-4,7,13H,12H2. The Morgan fingerprint density at radius 1 is 1.15 bits per heavy atom. The molecule has 0 fully saturated rings. The highest BCUT2D eigenvalue weighted by molar-refractivity contribution is 7.80. The van der Waals surface area contributed by atoms with Crippen LogP contribution in [0.25, 0.3) is 0 Å². The molecule has 72 valence electrons. The van der Waals surface area contributed by atoms with E-state index in [0.717, 1.165) is 12.1 Å². The fourth-order valence-electron chi connectivity index (χ4n) is 0.869. The fourth-order valence-corrected chi connectivity index (χ4v) is 1.04. The lowest BCUT2D eigenvalue weighted by atomic mass is 10.1. The molecule has 0 bridgehead atoms. The van der Waals surface area contributed by atoms with Crippen LogP contribution < -0.4 is 5.73 Å². The van der Waals surface area contributed by atoms with E-state index in [1.165, 1.54) is 12.1 Å². The van der Waals surface area contributed by atoms with Crippen LogP contribution in [0.2, 0.25) is 0 Å². The highest BCUT2D eigenvalue weighted by Gasteiger charge is 2.29. The van der Waals surface area contributed by atoms with Gasteiger partial charge in [-0.1, -0.05) is 12.1 Å². The first-order chi connectivity index (χ1) is 5.91. The van der Waals surface area contributed by atoms with E-state index in [0.29, 0.717) is 5.56 Å². The van der Waals surface area contributed by atoms with E-state index in [1.54, 1.807) is 0 Å². The summed E-state index contributed by atoms with van der Waals surface area (Å²) in [6, 6.07) is 4.62. The number of hydrogen-bond acceptors (Lipinski definition) is 2. The Bertz CT molecular complexity index is 278. The average Bonchev–Trinajstić information content (AvgIpc) is 2.03. The van der Waals surface area contributed by atoms with Gasteiger partial charge in [0.15, 0.2) is 0 Å². The van der Waals surface area contributed by atoms with Gasteiger partial charge in [-0.15, -0.1) is 0 Å². The molecule has 1 unspecified atom stereocenters. The van der Waals surface area contributed by atoms with Crippen molar-refractivity contribution in [1.82, 2.24) is 0 Å². The maximum atomic E-state index is 12.1. The molecule has 5 heteroatoms. The molecule has 0 saturated heterocycles. The molecule has 0 aliphatic heterocycles. The Morgan fingerprint density at radius 3 is 1.92 bits per heavy atom. The molecule has 0 aliphatic carbocycles. The minimum atomic E-state index is -4.29. The van der Waals surface area contributed by atoms with Crippen LogP contribution in [0.4, 0.5) is 13.2 Å². The molecule has 1 aromatic carbocycles. The number of nitrogens with two attached hydrogens (primary N) is 1. The van der Waals surface area contributed by atoms with Crippen LogP contribution in [0.1, 0.15) is 16.5 Å². The van der Waals surface area contributed by atoms with Crippen molar-refractivity contribution in [3.63, 3.8) is 0 Å². The van der Waals surface area contributed by atoms with Crippen molar-refractivity contribution in [3.05, 3.63) is 35.4 Å². The Labute approximate surface area is 79.2 Å². The lowest BCUT2D eigenvalue weighted by molar-refractivity contribution is -0.137. The molecule has 1 aromatic rings. The molecule has 1 rings (SSSR count). The monoisotopic (exact) mass is 207 g/mol. The zero-order chi connectivity index (χ0) is 10.1. The molecule has 13 heavy (non-hydrogen) atoms. The molecule has 1 atom stereocenters. The number of thiol groups is 1. The molecular weight excluding hydrogens is 199 g/mol. The predicted molar refractivity (Wildman–Crippen MR) is 47.4 cm³/mol. The van der Waals surface area contributed by atoms with Crippen LogP contribution in [0, 0.1) is 0 Å². The largest absolute Gasteiger partial charge is 0.416 e. The molecule has 0 spiro atoms. The molecule has 1 nitrogen and oxygen atoms in total. The summed E-state index contributed by atoms with van der Waals surface area (Å²) in [5.74, 6) is 0. The second-order valence-corrected chi connectivity index (χ2v) is 3.12. The molecule has 0 amide bonds. The van der Waals surface area contributed by atoms with Crippen molar-refractivity contribution < 1.29 is 13.2 Å². The van der Waals surface area contributed by atoms with Crippen molar-refractivity contribution in [2.24, 2.45) is 5.73 Å². The van der Waals surface area contributed by atoms with Crippen molar-refractivity contribution in [2.45, 2.75) is 11.6 Å². The lowest BCUT2D eigenvalue weighted by Crippen LogP contribution is -2.06. The third kappa shape index (κ3) is 2.63. The average molecular weight is 207 g/mol. The summed E-state index contributed by atoms with van der Waals surface area (Å²) in [4.78, 5) is 0. The maximum Gasteiger partial charge on any atom is 0.416 e.